The minimum absolute atomic E-state index is 0.0887. The Hall–Kier alpha value is -4.12. The second kappa shape index (κ2) is 11.0. The number of tetrazole rings is 1. The lowest BCUT2D eigenvalue weighted by molar-refractivity contribution is 0.150. The van der Waals surface area contributed by atoms with Crippen LogP contribution < -0.4 is 24.5 Å². The first kappa shape index (κ1) is 25.8. The molecule has 0 spiro atoms. The van der Waals surface area contributed by atoms with Gasteiger partial charge in [-0.2, -0.15) is 0 Å². The topological polar surface area (TPSA) is 117 Å². The number of H-pyrrole nitrogens is 1. The molecule has 0 radical (unpaired) electrons. The van der Waals surface area contributed by atoms with Crippen molar-refractivity contribution in [3.05, 3.63) is 63.7 Å². The summed E-state index contributed by atoms with van der Waals surface area (Å²) in [6.07, 6.45) is 7.59. The summed E-state index contributed by atoms with van der Waals surface area (Å²) in [5.41, 5.74) is 2.31. The largest absolute Gasteiger partial charge is 0.454 e. The lowest BCUT2D eigenvalue weighted by Gasteiger charge is -2.32. The van der Waals surface area contributed by atoms with Crippen LogP contribution in [0.3, 0.4) is 0 Å². The van der Waals surface area contributed by atoms with Gasteiger partial charge in [-0.15, -0.1) is 5.10 Å². The molecule has 1 fully saturated rings. The van der Waals surface area contributed by atoms with E-state index < -0.39 is 0 Å². The molecule has 0 amide bonds. The molecule has 1 aliphatic carbocycles. The fourth-order valence-corrected chi connectivity index (χ4v) is 6.28. The molecular weight excluding hydrogens is 524 g/mol. The van der Waals surface area contributed by atoms with Crippen LogP contribution in [0.2, 0.25) is 0 Å². The first-order valence-corrected chi connectivity index (χ1v) is 14.5. The molecule has 0 saturated heterocycles. The second-order valence-electron chi connectivity index (χ2n) is 11.1. The van der Waals surface area contributed by atoms with Gasteiger partial charge in [0.15, 0.2) is 28.8 Å². The summed E-state index contributed by atoms with van der Waals surface area (Å²) in [5, 5.41) is 14.1. The maximum Gasteiger partial charge on any atom is 0.252 e. The minimum Gasteiger partial charge on any atom is -0.454 e. The molecule has 2 aromatic carbocycles. The molecule has 2 aliphatic heterocycles. The maximum atomic E-state index is 13.4. The molecule has 4 aromatic rings. The highest BCUT2D eigenvalue weighted by molar-refractivity contribution is 5.83. The number of pyridine rings is 1. The quantitative estimate of drug-likeness (QED) is 0.302. The second-order valence-corrected chi connectivity index (χ2v) is 11.1. The molecule has 1 atom stereocenters. The predicted molar refractivity (Wildman–Crippen MR) is 150 cm³/mol. The minimum atomic E-state index is -0.130. The molecule has 4 heterocycles. The zero-order chi connectivity index (χ0) is 27.8. The fraction of sp³-hybridized carbons (Fsp3) is 0.467. The zero-order valence-electron chi connectivity index (χ0n) is 23.2. The Morgan fingerprint density at radius 2 is 1.71 bits per heavy atom. The van der Waals surface area contributed by atoms with E-state index in [4.69, 9.17) is 18.9 Å². The summed E-state index contributed by atoms with van der Waals surface area (Å²) in [4.78, 5) is 18.8. The van der Waals surface area contributed by atoms with Gasteiger partial charge in [0.25, 0.3) is 5.56 Å². The van der Waals surface area contributed by atoms with Gasteiger partial charge in [0.05, 0.1) is 17.6 Å². The third-order valence-electron chi connectivity index (χ3n) is 8.35. The van der Waals surface area contributed by atoms with Crippen molar-refractivity contribution < 1.29 is 18.9 Å². The lowest BCUT2D eigenvalue weighted by Crippen LogP contribution is -2.33. The summed E-state index contributed by atoms with van der Waals surface area (Å²) >= 11 is 0. The first-order chi connectivity index (χ1) is 20.2. The third kappa shape index (κ3) is 5.10. The van der Waals surface area contributed by atoms with Crippen molar-refractivity contribution >= 4 is 10.9 Å². The molecule has 0 bridgehead atoms. The zero-order valence-corrected chi connectivity index (χ0v) is 23.2. The summed E-state index contributed by atoms with van der Waals surface area (Å²) < 4.78 is 24.4. The highest BCUT2D eigenvalue weighted by atomic mass is 16.7. The Bertz CT molecular complexity index is 1610. The van der Waals surface area contributed by atoms with Crippen LogP contribution in [0.25, 0.3) is 10.9 Å². The molecule has 1 N–H and O–H groups in total. The summed E-state index contributed by atoms with van der Waals surface area (Å²) in [5.74, 6) is 3.67. The molecule has 11 nitrogen and oxygen atoms in total. The van der Waals surface area contributed by atoms with Crippen molar-refractivity contribution in [2.24, 2.45) is 0 Å². The van der Waals surface area contributed by atoms with E-state index in [2.05, 4.69) is 43.1 Å². The van der Waals surface area contributed by atoms with Gasteiger partial charge in [0.2, 0.25) is 13.6 Å². The molecule has 1 saturated carbocycles. The highest BCUT2D eigenvalue weighted by Gasteiger charge is 2.30. The standard InChI is InChI=1S/C30H34N6O5/c1-2-6-24(29-32-33-34-36(29)22-7-4-3-5-8-22)35(15-19-9-10-25-26(11-19)39-17-38-25)16-21-12-20-13-27-28(41-18-40-27)14-23(20)31-30(21)37/h9-14,22,24H,2-8,15-18H2,1H3,(H,31,37)/t24-/m1/s1. The monoisotopic (exact) mass is 558 g/mol. The van der Waals surface area contributed by atoms with Crippen molar-refractivity contribution in [2.45, 2.75) is 77.0 Å². The Morgan fingerprint density at radius 1 is 0.951 bits per heavy atom. The Kier molecular flexibility index (Phi) is 6.95. The van der Waals surface area contributed by atoms with E-state index >= 15 is 0 Å². The van der Waals surface area contributed by atoms with E-state index in [1.807, 2.05) is 30.3 Å². The van der Waals surface area contributed by atoms with E-state index in [-0.39, 0.29) is 25.2 Å². The number of hydrogen-bond donors (Lipinski definition) is 1. The van der Waals surface area contributed by atoms with Crippen LogP contribution in [0.1, 0.15) is 80.9 Å². The van der Waals surface area contributed by atoms with Crippen LogP contribution in [0.15, 0.2) is 41.2 Å². The number of aromatic nitrogens is 5. The van der Waals surface area contributed by atoms with Crippen LogP contribution in [-0.2, 0) is 13.1 Å². The molecule has 3 aliphatic rings. The Balaban J connectivity index is 1.27. The number of rotatable bonds is 9. The number of fused-ring (bicyclic) bond motifs is 3. The number of aromatic amines is 1. The van der Waals surface area contributed by atoms with Crippen molar-refractivity contribution in [3.63, 3.8) is 0 Å². The van der Waals surface area contributed by atoms with Gasteiger partial charge in [-0.1, -0.05) is 38.7 Å². The molecular formula is C30H34N6O5. The molecule has 0 unspecified atom stereocenters. The van der Waals surface area contributed by atoms with E-state index in [9.17, 15) is 4.79 Å². The molecule has 2 aromatic heterocycles. The summed E-state index contributed by atoms with van der Waals surface area (Å²) in [7, 11) is 0. The van der Waals surface area contributed by atoms with Gasteiger partial charge >= 0.3 is 0 Å². The Labute approximate surface area is 237 Å². The first-order valence-electron chi connectivity index (χ1n) is 14.5. The lowest BCUT2D eigenvalue weighted by atomic mass is 9.95. The highest BCUT2D eigenvalue weighted by Crippen LogP contribution is 2.37. The van der Waals surface area contributed by atoms with E-state index in [1.54, 1.807) is 0 Å². The predicted octanol–water partition coefficient (Wildman–Crippen LogP) is 5.02. The number of ether oxygens (including phenoxy) is 4. The van der Waals surface area contributed by atoms with E-state index in [0.29, 0.717) is 36.2 Å². The van der Waals surface area contributed by atoms with Crippen molar-refractivity contribution in [1.82, 2.24) is 30.1 Å². The van der Waals surface area contributed by atoms with Crippen LogP contribution in [-0.4, -0.2) is 43.7 Å². The average molecular weight is 559 g/mol. The van der Waals surface area contributed by atoms with Gasteiger partial charge in [0.1, 0.15) is 0 Å². The Morgan fingerprint density at radius 3 is 2.51 bits per heavy atom. The van der Waals surface area contributed by atoms with E-state index in [1.165, 1.54) is 19.3 Å². The van der Waals surface area contributed by atoms with Gasteiger partial charge in [-0.25, -0.2) is 4.68 Å². The van der Waals surface area contributed by atoms with Crippen molar-refractivity contribution in [1.29, 1.82) is 0 Å². The van der Waals surface area contributed by atoms with Crippen molar-refractivity contribution in [2.75, 3.05) is 13.6 Å². The summed E-state index contributed by atoms with van der Waals surface area (Å²) in [6, 6.07) is 11.9. The van der Waals surface area contributed by atoms with Crippen LogP contribution in [0.4, 0.5) is 0 Å². The third-order valence-corrected chi connectivity index (χ3v) is 8.35. The SMILES string of the molecule is CCC[C@H](c1nnnn1C1CCCCC1)N(Cc1ccc2c(c1)OCO2)Cc1cc2cc3c(cc2[nH]c1=O)OCO3. The molecule has 7 rings (SSSR count). The smallest absolute Gasteiger partial charge is 0.252 e. The summed E-state index contributed by atoms with van der Waals surface area (Å²) in [6.45, 7) is 3.57. The van der Waals surface area contributed by atoms with Crippen LogP contribution >= 0.6 is 0 Å². The van der Waals surface area contributed by atoms with Gasteiger partial charge in [-0.05, 0) is 59.5 Å². The van der Waals surface area contributed by atoms with Gasteiger partial charge < -0.3 is 23.9 Å². The van der Waals surface area contributed by atoms with Gasteiger partial charge in [-0.3, -0.25) is 9.69 Å². The van der Waals surface area contributed by atoms with E-state index in [0.717, 1.165) is 59.5 Å². The number of nitrogens with zero attached hydrogens (tertiary/aromatic N) is 5. The number of benzene rings is 2. The van der Waals surface area contributed by atoms with Gasteiger partial charge in [0, 0.05) is 30.1 Å². The maximum absolute atomic E-state index is 13.4. The molecule has 214 valence electrons. The van der Waals surface area contributed by atoms with Crippen LogP contribution in [0, 0.1) is 0 Å². The fourth-order valence-electron chi connectivity index (χ4n) is 6.28. The average Bonchev–Trinajstić information content (AvgIpc) is 3.76. The molecule has 41 heavy (non-hydrogen) atoms. The van der Waals surface area contributed by atoms with Crippen molar-refractivity contribution in [3.8, 4) is 23.0 Å². The van der Waals surface area contributed by atoms with Crippen LogP contribution in [0.5, 0.6) is 23.0 Å². The normalized spacial score (nSPS) is 17.0. The molecule has 11 heteroatoms. The number of nitrogens with one attached hydrogen (secondary N) is 1. The number of hydrogen-bond acceptors (Lipinski definition) is 9.